The van der Waals surface area contributed by atoms with Gasteiger partial charge in [0, 0.05) is 32.2 Å². The molecule has 1 amide bonds. The van der Waals surface area contributed by atoms with Crippen LogP contribution in [0.25, 0.3) is 0 Å². The van der Waals surface area contributed by atoms with Gasteiger partial charge in [0.05, 0.1) is 18.1 Å². The molecule has 0 atom stereocenters. The number of carbonyl (C=O) groups excluding carboxylic acids is 1. The summed E-state index contributed by atoms with van der Waals surface area (Å²) in [6.45, 7) is 1.10. The van der Waals surface area contributed by atoms with Crippen molar-refractivity contribution >= 4 is 17.5 Å². The Bertz CT molecular complexity index is 473. The van der Waals surface area contributed by atoms with Gasteiger partial charge in [0.2, 0.25) is 5.91 Å². The molecule has 0 aliphatic heterocycles. The molecular formula is C15H21ClN2O2. The predicted molar refractivity (Wildman–Crippen MR) is 80.1 cm³/mol. The van der Waals surface area contributed by atoms with Gasteiger partial charge in [-0.05, 0) is 18.9 Å². The molecule has 1 fully saturated rings. The van der Waals surface area contributed by atoms with Crippen LogP contribution in [-0.4, -0.2) is 37.6 Å². The third-order valence-electron chi connectivity index (χ3n) is 3.27. The molecule has 1 aromatic rings. The van der Waals surface area contributed by atoms with Crippen LogP contribution in [-0.2, 0) is 11.3 Å². The van der Waals surface area contributed by atoms with Crippen molar-refractivity contribution in [3.63, 3.8) is 0 Å². The Morgan fingerprint density at radius 3 is 2.85 bits per heavy atom. The number of nitrogens with one attached hydrogen (secondary N) is 1. The Balaban J connectivity index is 1.92. The van der Waals surface area contributed by atoms with E-state index in [-0.39, 0.29) is 5.91 Å². The number of halogens is 1. The maximum Gasteiger partial charge on any atom is 0.225 e. The van der Waals surface area contributed by atoms with Crippen molar-refractivity contribution in [1.82, 2.24) is 10.2 Å². The fourth-order valence-corrected chi connectivity index (χ4v) is 2.11. The summed E-state index contributed by atoms with van der Waals surface area (Å²) >= 11 is 6.19. The number of benzene rings is 1. The monoisotopic (exact) mass is 296 g/mol. The first-order valence-electron chi connectivity index (χ1n) is 6.91. The summed E-state index contributed by atoms with van der Waals surface area (Å²) in [4.78, 5) is 13.1. The topological polar surface area (TPSA) is 41.6 Å². The summed E-state index contributed by atoms with van der Waals surface area (Å²) in [5.41, 5.74) is 1.04. The Morgan fingerprint density at radius 2 is 2.20 bits per heavy atom. The van der Waals surface area contributed by atoms with Crippen molar-refractivity contribution in [3.8, 4) is 5.75 Å². The molecule has 1 N–H and O–H groups in total. The van der Waals surface area contributed by atoms with E-state index >= 15 is 0 Å². The lowest BCUT2D eigenvalue weighted by molar-refractivity contribution is -0.129. The number of ether oxygens (including phenoxy) is 1. The lowest BCUT2D eigenvalue weighted by atomic mass is 10.2. The molecule has 0 heterocycles. The van der Waals surface area contributed by atoms with Crippen molar-refractivity contribution in [2.75, 3.05) is 20.7 Å². The van der Waals surface area contributed by atoms with Crippen LogP contribution in [0.15, 0.2) is 18.2 Å². The number of hydrogen-bond donors (Lipinski definition) is 1. The molecule has 4 nitrogen and oxygen atoms in total. The zero-order valence-corrected chi connectivity index (χ0v) is 12.7. The molecule has 20 heavy (non-hydrogen) atoms. The first kappa shape index (κ1) is 15.1. The van der Waals surface area contributed by atoms with Gasteiger partial charge in [-0.3, -0.25) is 4.79 Å². The smallest absolute Gasteiger partial charge is 0.225 e. The zero-order valence-electron chi connectivity index (χ0n) is 12.0. The van der Waals surface area contributed by atoms with Gasteiger partial charge in [-0.15, -0.1) is 0 Å². The van der Waals surface area contributed by atoms with Crippen molar-refractivity contribution < 1.29 is 9.53 Å². The summed E-state index contributed by atoms with van der Waals surface area (Å²) in [6.07, 6.45) is 2.84. The van der Waals surface area contributed by atoms with Crippen LogP contribution >= 0.6 is 11.6 Å². The van der Waals surface area contributed by atoms with Crippen LogP contribution in [0.3, 0.4) is 0 Å². The highest BCUT2D eigenvalue weighted by atomic mass is 35.5. The van der Waals surface area contributed by atoms with Crippen LogP contribution in [0.4, 0.5) is 0 Å². The lowest BCUT2D eigenvalue weighted by Crippen LogP contribution is -2.23. The normalized spacial score (nSPS) is 14.2. The van der Waals surface area contributed by atoms with Gasteiger partial charge in [0.15, 0.2) is 0 Å². The highest BCUT2D eigenvalue weighted by molar-refractivity contribution is 6.32. The van der Waals surface area contributed by atoms with Crippen molar-refractivity contribution in [3.05, 3.63) is 28.8 Å². The maximum atomic E-state index is 11.5. The fourth-order valence-electron chi connectivity index (χ4n) is 1.86. The van der Waals surface area contributed by atoms with Gasteiger partial charge in [0.25, 0.3) is 0 Å². The Hall–Kier alpha value is -1.26. The quantitative estimate of drug-likeness (QED) is 0.840. The number of carbonyl (C=O) groups is 1. The number of amides is 1. The van der Waals surface area contributed by atoms with E-state index in [4.69, 9.17) is 16.3 Å². The van der Waals surface area contributed by atoms with E-state index in [1.54, 1.807) is 19.0 Å². The second kappa shape index (κ2) is 6.95. The Labute approximate surface area is 125 Å². The molecule has 1 aliphatic rings. The van der Waals surface area contributed by atoms with Crippen LogP contribution in [0.2, 0.25) is 5.02 Å². The molecule has 110 valence electrons. The van der Waals surface area contributed by atoms with E-state index in [0.29, 0.717) is 29.8 Å². The van der Waals surface area contributed by atoms with Gasteiger partial charge in [0.1, 0.15) is 5.75 Å². The number of nitrogens with zero attached hydrogens (tertiary/aromatic N) is 1. The van der Waals surface area contributed by atoms with Crippen LogP contribution in [0, 0.1) is 0 Å². The van der Waals surface area contributed by atoms with Crippen molar-refractivity contribution in [1.29, 1.82) is 0 Å². The van der Waals surface area contributed by atoms with Gasteiger partial charge < -0.3 is 15.0 Å². The van der Waals surface area contributed by atoms with Crippen molar-refractivity contribution in [2.45, 2.75) is 31.8 Å². The first-order valence-corrected chi connectivity index (χ1v) is 7.29. The van der Waals surface area contributed by atoms with E-state index in [1.165, 1.54) is 12.8 Å². The number of rotatable bonds is 7. The molecule has 0 aromatic heterocycles. The van der Waals surface area contributed by atoms with Crippen molar-refractivity contribution in [2.24, 2.45) is 0 Å². The molecular weight excluding hydrogens is 276 g/mol. The molecule has 2 rings (SSSR count). The van der Waals surface area contributed by atoms with Crippen LogP contribution < -0.4 is 10.1 Å². The largest absolute Gasteiger partial charge is 0.491 e. The van der Waals surface area contributed by atoms with Gasteiger partial charge in [-0.25, -0.2) is 0 Å². The summed E-state index contributed by atoms with van der Waals surface area (Å²) in [6, 6.07) is 6.37. The standard InChI is InChI=1S/C15H21ClN2O2/c1-18(2)14(19)8-9-20-15-11(4-3-5-13(15)16)10-17-12-6-7-12/h3-5,12,17H,6-10H2,1-2H3. The highest BCUT2D eigenvalue weighted by Crippen LogP contribution is 2.29. The van der Waals surface area contributed by atoms with E-state index in [1.807, 2.05) is 18.2 Å². The third-order valence-corrected chi connectivity index (χ3v) is 3.57. The van der Waals surface area contributed by atoms with E-state index in [2.05, 4.69) is 5.32 Å². The van der Waals surface area contributed by atoms with E-state index in [0.717, 1.165) is 12.1 Å². The minimum atomic E-state index is 0.0507. The SMILES string of the molecule is CN(C)C(=O)CCOc1c(Cl)cccc1CNC1CC1. The molecule has 1 aromatic carbocycles. The molecule has 0 saturated heterocycles. The minimum Gasteiger partial charge on any atom is -0.491 e. The summed E-state index contributed by atoms with van der Waals surface area (Å²) in [7, 11) is 3.48. The molecule has 1 saturated carbocycles. The average molecular weight is 297 g/mol. The number of hydrogen-bond acceptors (Lipinski definition) is 3. The van der Waals surface area contributed by atoms with E-state index < -0.39 is 0 Å². The summed E-state index contributed by atoms with van der Waals surface area (Å²) in [5.74, 6) is 0.739. The lowest BCUT2D eigenvalue weighted by Gasteiger charge is -2.15. The first-order chi connectivity index (χ1) is 9.58. The fraction of sp³-hybridized carbons (Fsp3) is 0.533. The second-order valence-corrected chi connectivity index (χ2v) is 5.68. The Kier molecular flexibility index (Phi) is 5.26. The summed E-state index contributed by atoms with van der Waals surface area (Å²) < 4.78 is 5.72. The molecule has 0 radical (unpaired) electrons. The maximum absolute atomic E-state index is 11.5. The highest BCUT2D eigenvalue weighted by Gasteiger charge is 2.21. The van der Waals surface area contributed by atoms with Gasteiger partial charge >= 0.3 is 0 Å². The third kappa shape index (κ3) is 4.39. The molecule has 0 unspecified atom stereocenters. The zero-order chi connectivity index (χ0) is 14.5. The van der Waals surface area contributed by atoms with Gasteiger partial charge in [-0.1, -0.05) is 23.7 Å². The average Bonchev–Trinajstić information content (AvgIpc) is 3.22. The second-order valence-electron chi connectivity index (χ2n) is 5.27. The molecule has 1 aliphatic carbocycles. The molecule has 0 bridgehead atoms. The van der Waals surface area contributed by atoms with Crippen LogP contribution in [0.5, 0.6) is 5.75 Å². The van der Waals surface area contributed by atoms with E-state index in [9.17, 15) is 4.79 Å². The predicted octanol–water partition coefficient (Wildman–Crippen LogP) is 2.45. The summed E-state index contributed by atoms with van der Waals surface area (Å²) in [5, 5.41) is 4.04. The Morgan fingerprint density at radius 1 is 1.45 bits per heavy atom. The number of para-hydroxylation sites is 1. The van der Waals surface area contributed by atoms with Crippen LogP contribution in [0.1, 0.15) is 24.8 Å². The molecule has 5 heteroatoms. The van der Waals surface area contributed by atoms with Gasteiger partial charge in [-0.2, -0.15) is 0 Å². The molecule has 0 spiro atoms. The minimum absolute atomic E-state index is 0.0507.